The minimum atomic E-state index is -1.12. The summed E-state index contributed by atoms with van der Waals surface area (Å²) in [5, 5.41) is 32.3. The molecule has 4 heterocycles. The van der Waals surface area contributed by atoms with Gasteiger partial charge in [-0.1, -0.05) is 72.8 Å². The van der Waals surface area contributed by atoms with Crippen molar-refractivity contribution in [3.05, 3.63) is 196 Å². The summed E-state index contributed by atoms with van der Waals surface area (Å²) < 4.78 is 61.9. The van der Waals surface area contributed by atoms with E-state index in [1.165, 1.54) is 36.4 Å². The summed E-state index contributed by atoms with van der Waals surface area (Å²) in [5.74, 6) is -5.32. The van der Waals surface area contributed by atoms with E-state index < -0.39 is 86.9 Å². The Morgan fingerprint density at radius 1 is 0.525 bits per heavy atom. The zero-order valence-electron chi connectivity index (χ0n) is 55.8. The van der Waals surface area contributed by atoms with Crippen LogP contribution in [0.25, 0.3) is 32.7 Å². The molecule has 7 atom stereocenters. The zero-order chi connectivity index (χ0) is 72.1. The number of anilines is 3. The van der Waals surface area contributed by atoms with Crippen LogP contribution in [0.2, 0.25) is 0 Å². The molecule has 1 unspecified atom stereocenters. The molecule has 13 rings (SSSR count). The predicted octanol–water partition coefficient (Wildman–Crippen LogP) is 8.57. The Morgan fingerprint density at radius 3 is 1.24 bits per heavy atom. The molecule has 6 aromatic carbocycles. The maximum Gasteiger partial charge on any atom is 0.247 e. The highest BCUT2D eigenvalue weighted by molar-refractivity contribution is 5.97. The lowest BCUT2D eigenvalue weighted by atomic mass is 9.92. The molecular weight excluding hydrogens is 1310 g/mol. The number of nitrogens with zero attached hydrogens (tertiary/aromatic N) is 5. The van der Waals surface area contributed by atoms with Gasteiger partial charge in [0.1, 0.15) is 37.3 Å². The Morgan fingerprint density at radius 2 is 0.891 bits per heavy atom. The number of aromatic nitrogens is 3. The van der Waals surface area contributed by atoms with Gasteiger partial charge in [-0.25, -0.2) is 44.6 Å². The van der Waals surface area contributed by atoms with Crippen LogP contribution in [0.4, 0.5) is 30.6 Å². The molecule has 4 aliphatic rings. The number of amides is 6. The number of fused-ring (bicyclic) bond motifs is 3. The summed E-state index contributed by atoms with van der Waals surface area (Å²) >= 11 is 0. The van der Waals surface area contributed by atoms with Crippen LogP contribution in [0.3, 0.4) is 0 Å². The number of hydrogen-bond acceptors (Lipinski definition) is 18. The molecule has 101 heavy (non-hydrogen) atoms. The summed E-state index contributed by atoms with van der Waals surface area (Å²) in [6.07, 6.45) is 3.17. The standard InChI is InChI=1S/C27H29FN4O4.C24H25FN4O4.C23H23FN4O4/c1-16-5-4-10-32(16)24-12-18(19-6-2-3-7-22(19)30-24)15-36-23-9-8-17(11-21(23)28)13-27(26(29)34)14-20(27)25(33)31-35;1-29(2)21-10-15(16-5-3-4-6-19(16)27-21)13-33-20-8-7-14(9-18(20)25)11-24(23(26)31)12-17(24)22(30)28-32;1-26-20-9-14(15-4-2-3-5-18(15)27-20)12-32-19-7-6-13(8-17(19)24)10-23(22(25)30)11-16(23)21(29)28-31/h2-3,6-9,11-12,16,20,35H,4-5,10,13-15H2,1H3,(H2,29,34)(H,31,33);3-10,17,32H,11-13H2,1-2H3,(H2,26,31)(H,28,30);2-9,16,31H,10-12H2,1H3,(H2,25,30)(H,26,27)(H,28,29)/t16?,20-,27+;17-,24+;16-,23+/m111/s1. The van der Waals surface area contributed by atoms with E-state index in [4.69, 9.17) is 52.0 Å². The van der Waals surface area contributed by atoms with Gasteiger partial charge in [0.15, 0.2) is 34.7 Å². The third-order valence-electron chi connectivity index (χ3n) is 19.6. The van der Waals surface area contributed by atoms with Gasteiger partial charge in [0.05, 0.1) is 50.5 Å². The molecule has 0 spiro atoms. The SMILES string of the molecule is CC1CCCN1c1cc(COc2ccc(C[C@]3(C(N)=O)C[C@@H]3C(=O)NO)cc2F)c2ccccc2n1.CN(C)c1cc(COc2ccc(C[C@]3(C(N)=O)C[C@@H]3C(=O)NO)cc2F)c2ccccc2n1.CNc1cc(COc2ccc(C[C@]3(C(N)=O)C[C@@H]3C(=O)NO)cc2F)c2ccccc2n1. The first-order valence-electron chi connectivity index (χ1n) is 32.7. The number of hydroxylamine groups is 3. The monoisotopic (exact) mass is 1380 g/mol. The molecular formula is C74H77F3N12O12. The van der Waals surface area contributed by atoms with E-state index in [2.05, 4.69) is 27.1 Å². The van der Waals surface area contributed by atoms with E-state index in [1.807, 2.05) is 110 Å². The molecule has 4 fully saturated rings. The van der Waals surface area contributed by atoms with E-state index in [0.717, 1.165) is 80.4 Å². The second-order valence-electron chi connectivity index (χ2n) is 26.3. The molecule has 9 aromatic rings. The first-order valence-corrected chi connectivity index (χ1v) is 32.7. The first kappa shape index (κ1) is 71.1. The summed E-state index contributed by atoms with van der Waals surface area (Å²) in [4.78, 5) is 89.2. The number of hydrogen-bond donors (Lipinski definition) is 10. The van der Waals surface area contributed by atoms with Crippen LogP contribution < -0.4 is 63.0 Å². The van der Waals surface area contributed by atoms with Crippen molar-refractivity contribution < 1.29 is 71.8 Å². The number of rotatable bonds is 24. The van der Waals surface area contributed by atoms with Crippen molar-refractivity contribution in [2.45, 2.75) is 84.2 Å². The van der Waals surface area contributed by atoms with Crippen LogP contribution >= 0.6 is 0 Å². The van der Waals surface area contributed by atoms with Gasteiger partial charge in [0, 0.05) is 66.6 Å². The fourth-order valence-electron chi connectivity index (χ4n) is 13.6. The average Bonchev–Trinajstić information content (AvgIpc) is 1.59. The molecule has 1 saturated heterocycles. The molecule has 0 bridgehead atoms. The van der Waals surface area contributed by atoms with Crippen molar-refractivity contribution >= 4 is 85.6 Å². The van der Waals surface area contributed by atoms with E-state index in [9.17, 15) is 41.9 Å². The van der Waals surface area contributed by atoms with Gasteiger partial charge < -0.3 is 46.5 Å². The topological polar surface area (TPSA) is 362 Å². The van der Waals surface area contributed by atoms with Gasteiger partial charge in [-0.2, -0.15) is 0 Å². The lowest BCUT2D eigenvalue weighted by Crippen LogP contribution is -2.33. The van der Waals surface area contributed by atoms with E-state index >= 15 is 0 Å². The van der Waals surface area contributed by atoms with E-state index in [-0.39, 0.29) is 75.6 Å². The fraction of sp³-hybridized carbons (Fsp3) is 0.311. The number of carbonyl (C=O) groups excluding carboxylic acids is 6. The van der Waals surface area contributed by atoms with Crippen LogP contribution in [0.15, 0.2) is 146 Å². The summed E-state index contributed by atoms with van der Waals surface area (Å²) in [7, 11) is 5.56. The highest BCUT2D eigenvalue weighted by Gasteiger charge is 2.64. The number of pyridine rings is 3. The van der Waals surface area contributed by atoms with Crippen molar-refractivity contribution in [1.82, 2.24) is 31.4 Å². The van der Waals surface area contributed by atoms with Gasteiger partial charge in [-0.15, -0.1) is 0 Å². The smallest absolute Gasteiger partial charge is 0.247 e. The number of ether oxygens (including phenoxy) is 3. The average molecular weight is 1380 g/mol. The number of benzene rings is 6. The number of carbonyl (C=O) groups is 6. The van der Waals surface area contributed by atoms with Crippen LogP contribution in [-0.4, -0.2) is 99.7 Å². The lowest BCUT2D eigenvalue weighted by molar-refractivity contribution is -0.134. The maximum absolute atomic E-state index is 15.0. The molecule has 526 valence electrons. The Bertz CT molecular complexity index is 4690. The minimum absolute atomic E-state index is 0.0641. The number of para-hydroxylation sites is 3. The highest BCUT2D eigenvalue weighted by Crippen LogP contribution is 2.57. The number of primary amides is 3. The van der Waals surface area contributed by atoms with Crippen LogP contribution in [0.1, 0.15) is 72.4 Å². The van der Waals surface area contributed by atoms with Gasteiger partial charge >= 0.3 is 0 Å². The number of nitrogens with two attached hydrogens (primary N) is 3. The molecule has 13 N–H and O–H groups in total. The zero-order valence-corrected chi connectivity index (χ0v) is 55.8. The summed E-state index contributed by atoms with van der Waals surface area (Å²) in [6, 6.07) is 42.6. The second-order valence-corrected chi connectivity index (χ2v) is 26.3. The summed E-state index contributed by atoms with van der Waals surface area (Å²) in [6.45, 7) is 3.59. The molecule has 24 nitrogen and oxygen atoms in total. The van der Waals surface area contributed by atoms with E-state index in [0.29, 0.717) is 28.6 Å². The highest BCUT2D eigenvalue weighted by atomic mass is 19.1. The molecule has 3 aromatic heterocycles. The van der Waals surface area contributed by atoms with Crippen molar-refractivity contribution in [3.63, 3.8) is 0 Å². The van der Waals surface area contributed by atoms with Crippen molar-refractivity contribution in [3.8, 4) is 17.2 Å². The number of nitrogens with one attached hydrogen (secondary N) is 4. The van der Waals surface area contributed by atoms with Gasteiger partial charge in [0.25, 0.3) is 0 Å². The molecule has 6 amide bonds. The predicted molar refractivity (Wildman–Crippen MR) is 367 cm³/mol. The van der Waals surface area contributed by atoms with Crippen molar-refractivity contribution in [2.24, 2.45) is 51.2 Å². The Kier molecular flexibility index (Phi) is 20.9. The molecule has 1 aliphatic heterocycles. The first-order chi connectivity index (χ1) is 48.4. The third-order valence-corrected chi connectivity index (χ3v) is 19.6. The Balaban J connectivity index is 0.000000153. The number of halogens is 3. The normalized spacial score (nSPS) is 20.6. The minimum Gasteiger partial charge on any atom is -0.486 e. The van der Waals surface area contributed by atoms with Crippen LogP contribution in [0.5, 0.6) is 17.2 Å². The largest absolute Gasteiger partial charge is 0.486 e. The van der Waals surface area contributed by atoms with Crippen LogP contribution in [0, 0.1) is 51.5 Å². The van der Waals surface area contributed by atoms with Gasteiger partial charge in [-0.05, 0) is 148 Å². The molecule has 0 radical (unpaired) electrons. The lowest BCUT2D eigenvalue weighted by Gasteiger charge is -2.24. The quantitative estimate of drug-likeness (QED) is 0.0200. The van der Waals surface area contributed by atoms with Crippen LogP contribution in [-0.2, 0) is 67.9 Å². The van der Waals surface area contributed by atoms with Crippen molar-refractivity contribution in [1.29, 1.82) is 0 Å². The maximum atomic E-state index is 15.0. The molecule has 27 heteroatoms. The summed E-state index contributed by atoms with van der Waals surface area (Å²) in [5.41, 5.74) is 24.5. The molecule has 3 saturated carbocycles. The van der Waals surface area contributed by atoms with Crippen molar-refractivity contribution in [2.75, 3.05) is 42.8 Å². The Labute approximate surface area is 578 Å². The van der Waals surface area contributed by atoms with Gasteiger partial charge in [0.2, 0.25) is 35.4 Å². The third kappa shape index (κ3) is 15.2. The van der Waals surface area contributed by atoms with E-state index in [1.54, 1.807) is 41.7 Å². The second kappa shape index (κ2) is 29.7. The van der Waals surface area contributed by atoms with Gasteiger partial charge in [-0.3, -0.25) is 44.4 Å². The fourth-order valence-corrected chi connectivity index (χ4v) is 13.6. The molecule has 3 aliphatic carbocycles. The Hall–Kier alpha value is -11.2.